The number of rotatable bonds is 2. The van der Waals surface area contributed by atoms with Crippen molar-refractivity contribution in [3.63, 3.8) is 0 Å². The number of nitrogens with one attached hydrogen (secondary N) is 1. The Labute approximate surface area is 136 Å². The van der Waals surface area contributed by atoms with E-state index in [-0.39, 0.29) is 5.75 Å². The van der Waals surface area contributed by atoms with Crippen molar-refractivity contribution in [2.45, 2.75) is 10.6 Å². The van der Waals surface area contributed by atoms with E-state index in [2.05, 4.69) is 10.5 Å². The predicted molar refractivity (Wildman–Crippen MR) is 87.6 cm³/mol. The lowest BCUT2D eigenvalue weighted by atomic mass is 10.1. The smallest absolute Gasteiger partial charge is 0.188 e. The van der Waals surface area contributed by atoms with Gasteiger partial charge in [-0.25, -0.2) is 8.42 Å². The molecule has 0 aliphatic carbocycles. The number of hydrogen-bond acceptors (Lipinski definition) is 5. The minimum absolute atomic E-state index is 0.0857. The standard InChI is InChI=1S/C13H10Cl2N2O2S2/c14-10-2-1-8(7-11(10)15)16-17-12-4-6-21(18,19)13-9(12)3-5-20-13/h1-3,5,7,16H,4,6H2/b17-12-. The highest BCUT2D eigenvalue weighted by Crippen LogP contribution is 2.30. The molecule has 1 aromatic heterocycles. The van der Waals surface area contributed by atoms with Gasteiger partial charge in [-0.3, -0.25) is 5.43 Å². The van der Waals surface area contributed by atoms with Crippen molar-refractivity contribution in [2.75, 3.05) is 11.2 Å². The van der Waals surface area contributed by atoms with Crippen molar-refractivity contribution in [1.29, 1.82) is 0 Å². The van der Waals surface area contributed by atoms with Crippen LogP contribution < -0.4 is 5.43 Å². The summed E-state index contributed by atoms with van der Waals surface area (Å²) in [5, 5.41) is 6.98. The Bertz CT molecular complexity index is 828. The summed E-state index contributed by atoms with van der Waals surface area (Å²) in [5.41, 5.74) is 5.00. The Kier molecular flexibility index (Phi) is 3.96. The molecule has 110 valence electrons. The van der Waals surface area contributed by atoms with E-state index in [1.54, 1.807) is 29.6 Å². The van der Waals surface area contributed by atoms with Gasteiger partial charge in [-0.05, 0) is 29.6 Å². The molecule has 0 atom stereocenters. The quantitative estimate of drug-likeness (QED) is 0.821. The summed E-state index contributed by atoms with van der Waals surface area (Å²) in [4.78, 5) is 0. The Morgan fingerprint density at radius 3 is 2.76 bits per heavy atom. The van der Waals surface area contributed by atoms with Gasteiger partial charge in [-0.2, -0.15) is 5.10 Å². The van der Waals surface area contributed by atoms with Crippen molar-refractivity contribution in [3.05, 3.63) is 45.3 Å². The zero-order valence-corrected chi connectivity index (χ0v) is 13.8. The number of hydrogen-bond donors (Lipinski definition) is 1. The summed E-state index contributed by atoms with van der Waals surface area (Å²) in [7, 11) is -3.16. The van der Waals surface area contributed by atoms with Gasteiger partial charge in [0.25, 0.3) is 0 Å². The molecule has 0 bridgehead atoms. The van der Waals surface area contributed by atoms with E-state index in [1.165, 1.54) is 11.3 Å². The number of fused-ring (bicyclic) bond motifs is 1. The molecular weight excluding hydrogens is 351 g/mol. The van der Waals surface area contributed by atoms with Crippen LogP contribution in [0.4, 0.5) is 5.69 Å². The topological polar surface area (TPSA) is 58.5 Å². The van der Waals surface area contributed by atoms with Crippen LogP contribution >= 0.6 is 34.5 Å². The van der Waals surface area contributed by atoms with E-state index >= 15 is 0 Å². The lowest BCUT2D eigenvalue weighted by Crippen LogP contribution is -2.20. The molecule has 0 fully saturated rings. The first kappa shape index (κ1) is 14.8. The second kappa shape index (κ2) is 5.61. The lowest BCUT2D eigenvalue weighted by molar-refractivity contribution is 0.597. The Balaban J connectivity index is 1.90. The molecule has 2 heterocycles. The summed E-state index contributed by atoms with van der Waals surface area (Å²) >= 11 is 13.0. The monoisotopic (exact) mass is 360 g/mol. The molecule has 0 radical (unpaired) electrons. The Morgan fingerprint density at radius 2 is 2.00 bits per heavy atom. The van der Waals surface area contributed by atoms with Gasteiger partial charge in [0.15, 0.2) is 9.84 Å². The molecule has 1 aliphatic rings. The van der Waals surface area contributed by atoms with Crippen LogP contribution in [0.15, 0.2) is 39.0 Å². The molecule has 0 spiro atoms. The van der Waals surface area contributed by atoms with E-state index < -0.39 is 9.84 Å². The molecule has 8 heteroatoms. The first-order valence-electron chi connectivity index (χ1n) is 6.05. The molecule has 0 unspecified atom stereocenters. The summed E-state index contributed by atoms with van der Waals surface area (Å²) < 4.78 is 24.3. The van der Waals surface area contributed by atoms with E-state index in [4.69, 9.17) is 23.2 Å². The summed E-state index contributed by atoms with van der Waals surface area (Å²) in [6.45, 7) is 0. The molecule has 1 N–H and O–H groups in total. The van der Waals surface area contributed by atoms with Crippen LogP contribution in [0.3, 0.4) is 0 Å². The third-order valence-corrected chi connectivity index (χ3v) is 7.09. The molecule has 21 heavy (non-hydrogen) atoms. The third-order valence-electron chi connectivity index (χ3n) is 3.07. The minimum atomic E-state index is -3.16. The van der Waals surface area contributed by atoms with Crippen molar-refractivity contribution >= 4 is 55.8 Å². The Hall–Kier alpha value is -1.08. The average Bonchev–Trinajstić information content (AvgIpc) is 2.93. The molecular formula is C13H10Cl2N2O2S2. The molecule has 0 saturated carbocycles. The van der Waals surface area contributed by atoms with Gasteiger partial charge in [-0.1, -0.05) is 23.2 Å². The second-order valence-electron chi connectivity index (χ2n) is 4.49. The van der Waals surface area contributed by atoms with Crippen molar-refractivity contribution in [1.82, 2.24) is 0 Å². The van der Waals surface area contributed by atoms with Gasteiger partial charge in [0.05, 0.1) is 27.2 Å². The highest BCUT2D eigenvalue weighted by atomic mass is 35.5. The van der Waals surface area contributed by atoms with Crippen LogP contribution in [0, 0.1) is 0 Å². The van der Waals surface area contributed by atoms with Crippen molar-refractivity contribution in [2.24, 2.45) is 5.10 Å². The van der Waals surface area contributed by atoms with E-state index in [1.807, 2.05) is 0 Å². The number of halogens is 2. The predicted octanol–water partition coefficient (Wildman–Crippen LogP) is 4.05. The first-order chi connectivity index (χ1) is 9.97. The van der Waals surface area contributed by atoms with Gasteiger partial charge in [0.1, 0.15) is 4.21 Å². The number of anilines is 1. The van der Waals surface area contributed by atoms with Gasteiger partial charge >= 0.3 is 0 Å². The van der Waals surface area contributed by atoms with Gasteiger partial charge < -0.3 is 0 Å². The zero-order chi connectivity index (χ0) is 15.0. The maximum atomic E-state index is 11.9. The SMILES string of the molecule is O=S1(=O)CC/C(=N/Nc2ccc(Cl)c(Cl)c2)c2ccsc21. The van der Waals surface area contributed by atoms with Crippen molar-refractivity contribution in [3.8, 4) is 0 Å². The molecule has 0 amide bonds. The highest BCUT2D eigenvalue weighted by Gasteiger charge is 2.29. The number of thiophene rings is 1. The molecule has 3 rings (SSSR count). The van der Waals surface area contributed by atoms with Crippen LogP contribution in [-0.2, 0) is 9.84 Å². The average molecular weight is 361 g/mol. The van der Waals surface area contributed by atoms with Gasteiger partial charge in [0.2, 0.25) is 0 Å². The molecule has 1 aliphatic heterocycles. The fourth-order valence-corrected chi connectivity index (χ4v) is 5.13. The van der Waals surface area contributed by atoms with Gasteiger partial charge in [-0.15, -0.1) is 11.3 Å². The Morgan fingerprint density at radius 1 is 1.19 bits per heavy atom. The summed E-state index contributed by atoms with van der Waals surface area (Å²) in [6.07, 6.45) is 0.389. The number of sulfone groups is 1. The number of hydrazone groups is 1. The molecule has 1 aromatic carbocycles. The van der Waals surface area contributed by atoms with Crippen LogP contribution in [0.2, 0.25) is 10.0 Å². The van der Waals surface area contributed by atoms with E-state index in [0.717, 1.165) is 5.71 Å². The zero-order valence-electron chi connectivity index (χ0n) is 10.6. The number of benzene rings is 1. The largest absolute Gasteiger partial charge is 0.278 e. The molecule has 4 nitrogen and oxygen atoms in total. The lowest BCUT2D eigenvalue weighted by Gasteiger charge is -2.14. The van der Waals surface area contributed by atoms with Crippen molar-refractivity contribution < 1.29 is 8.42 Å². The summed E-state index contributed by atoms with van der Waals surface area (Å²) in [5.74, 6) is 0.0857. The normalized spacial score (nSPS) is 18.5. The third kappa shape index (κ3) is 2.94. The minimum Gasteiger partial charge on any atom is -0.278 e. The van der Waals surface area contributed by atoms with E-state index in [9.17, 15) is 8.42 Å². The second-order valence-corrected chi connectivity index (χ2v) is 8.52. The van der Waals surface area contributed by atoms with E-state index in [0.29, 0.717) is 31.9 Å². The molecule has 2 aromatic rings. The maximum absolute atomic E-state index is 11.9. The van der Waals surface area contributed by atoms with Crippen LogP contribution in [0.1, 0.15) is 12.0 Å². The fraction of sp³-hybridized carbons (Fsp3) is 0.154. The van der Waals surface area contributed by atoms with Crippen LogP contribution in [0.25, 0.3) is 0 Å². The first-order valence-corrected chi connectivity index (χ1v) is 9.34. The highest BCUT2D eigenvalue weighted by molar-refractivity contribution is 7.93. The molecule has 0 saturated heterocycles. The fourth-order valence-electron chi connectivity index (χ4n) is 2.02. The van der Waals surface area contributed by atoms with Crippen LogP contribution in [0.5, 0.6) is 0 Å². The maximum Gasteiger partial charge on any atom is 0.188 e. The van der Waals surface area contributed by atoms with Gasteiger partial charge in [0, 0.05) is 12.0 Å². The summed E-state index contributed by atoms with van der Waals surface area (Å²) in [6, 6.07) is 6.88. The number of nitrogens with zero attached hydrogens (tertiary/aromatic N) is 1. The van der Waals surface area contributed by atoms with Crippen LogP contribution in [-0.4, -0.2) is 19.9 Å².